The fourth-order valence-electron chi connectivity index (χ4n) is 3.97. The molecule has 0 saturated heterocycles. The third-order valence-electron chi connectivity index (χ3n) is 5.63. The molecule has 2 heterocycles. The van der Waals surface area contributed by atoms with Gasteiger partial charge in [-0.25, -0.2) is 8.78 Å². The van der Waals surface area contributed by atoms with Gasteiger partial charge in [0.05, 0.1) is 6.10 Å². The van der Waals surface area contributed by atoms with Crippen molar-refractivity contribution in [1.29, 1.82) is 0 Å². The molecule has 5 atom stereocenters. The normalized spacial score (nSPS) is 24.8. The Bertz CT molecular complexity index is 896. The van der Waals surface area contributed by atoms with Crippen molar-refractivity contribution >= 4 is 0 Å². The first-order valence-electron chi connectivity index (χ1n) is 10.1. The molecule has 0 aromatic heterocycles. The summed E-state index contributed by atoms with van der Waals surface area (Å²) in [7, 11) is 0. The van der Waals surface area contributed by atoms with Crippen molar-refractivity contribution in [3.63, 3.8) is 0 Å². The largest absolute Gasteiger partial charge is 0.487 e. The van der Waals surface area contributed by atoms with Crippen LogP contribution < -0.4 is 14.8 Å². The molecule has 0 aliphatic carbocycles. The fourth-order valence-corrected chi connectivity index (χ4v) is 3.97. The third-order valence-corrected chi connectivity index (χ3v) is 5.63. The second-order valence-electron chi connectivity index (χ2n) is 7.83. The van der Waals surface area contributed by atoms with E-state index >= 15 is 0 Å². The molecule has 0 amide bonds. The number of nitrogens with one attached hydrogen (secondary N) is 1. The zero-order valence-electron chi connectivity index (χ0n) is 16.3. The van der Waals surface area contributed by atoms with E-state index in [9.17, 15) is 24.1 Å². The standard InChI is InChI=1S/C22H25F2NO5/c23-13-2-5-19-12(7-13)1-4-21(29-19)17(27)10-25-11-18(28)22-9-16(26)15-8-14(24)3-6-20(15)30-22/h2-3,5-8,16-18,21-22,25-28H,1,4,9-11H2/t16-,17-,18-,21+,22-/m0/s1. The second-order valence-corrected chi connectivity index (χ2v) is 7.83. The molecule has 0 radical (unpaired) electrons. The van der Waals surface area contributed by atoms with E-state index in [1.54, 1.807) is 6.07 Å². The summed E-state index contributed by atoms with van der Waals surface area (Å²) in [4.78, 5) is 0. The lowest BCUT2D eigenvalue weighted by Gasteiger charge is -2.33. The Labute approximate surface area is 173 Å². The molecule has 4 N–H and O–H groups in total. The molecular formula is C22H25F2NO5. The van der Waals surface area contributed by atoms with Crippen molar-refractivity contribution in [2.24, 2.45) is 0 Å². The lowest BCUT2D eigenvalue weighted by atomic mass is 9.96. The Kier molecular flexibility index (Phi) is 6.19. The number of hydrogen-bond donors (Lipinski definition) is 4. The molecule has 2 aromatic carbocycles. The number of benzene rings is 2. The summed E-state index contributed by atoms with van der Waals surface area (Å²) < 4.78 is 38.1. The number of hydrogen-bond acceptors (Lipinski definition) is 6. The van der Waals surface area contributed by atoms with E-state index in [-0.39, 0.29) is 25.3 Å². The van der Waals surface area contributed by atoms with E-state index in [0.717, 1.165) is 5.56 Å². The zero-order chi connectivity index (χ0) is 21.3. The Hall–Kier alpha value is -2.26. The summed E-state index contributed by atoms with van der Waals surface area (Å²) in [5, 5.41) is 34.1. The van der Waals surface area contributed by atoms with Crippen molar-refractivity contribution in [3.8, 4) is 11.5 Å². The van der Waals surface area contributed by atoms with E-state index in [2.05, 4.69) is 5.32 Å². The van der Waals surface area contributed by atoms with Gasteiger partial charge in [-0.05, 0) is 54.8 Å². The number of aliphatic hydroxyl groups is 3. The lowest BCUT2D eigenvalue weighted by molar-refractivity contribution is -0.0175. The third kappa shape index (κ3) is 4.57. The number of ether oxygens (including phenoxy) is 2. The summed E-state index contributed by atoms with van der Waals surface area (Å²) in [6, 6.07) is 8.24. The maximum Gasteiger partial charge on any atom is 0.129 e. The van der Waals surface area contributed by atoms with E-state index in [4.69, 9.17) is 9.47 Å². The van der Waals surface area contributed by atoms with Crippen molar-refractivity contribution in [1.82, 2.24) is 5.32 Å². The van der Waals surface area contributed by atoms with Crippen LogP contribution in [0.4, 0.5) is 8.78 Å². The fraction of sp³-hybridized carbons (Fsp3) is 0.455. The quantitative estimate of drug-likeness (QED) is 0.569. The van der Waals surface area contributed by atoms with Gasteiger partial charge in [-0.1, -0.05) is 0 Å². The molecule has 0 saturated carbocycles. The number of aryl methyl sites for hydroxylation is 1. The van der Waals surface area contributed by atoms with E-state index in [0.29, 0.717) is 29.9 Å². The van der Waals surface area contributed by atoms with Crippen LogP contribution in [0.25, 0.3) is 0 Å². The smallest absolute Gasteiger partial charge is 0.129 e. The lowest BCUT2D eigenvalue weighted by Crippen LogP contribution is -2.46. The maximum atomic E-state index is 13.3. The van der Waals surface area contributed by atoms with Gasteiger partial charge in [0.25, 0.3) is 0 Å². The molecule has 0 bridgehead atoms. The predicted octanol–water partition coefficient (Wildman–Crippen LogP) is 1.85. The van der Waals surface area contributed by atoms with Crippen LogP contribution >= 0.6 is 0 Å². The molecule has 0 unspecified atom stereocenters. The van der Waals surface area contributed by atoms with Crippen molar-refractivity contribution in [2.45, 2.75) is 49.8 Å². The SMILES string of the molecule is O[C@H]1C[C@@H]([C@@H](O)CNC[C@H](O)[C@H]2CCc3cc(F)ccc3O2)Oc2ccc(F)cc21. The minimum absolute atomic E-state index is 0.138. The molecule has 6 nitrogen and oxygen atoms in total. The van der Waals surface area contributed by atoms with Gasteiger partial charge in [0.15, 0.2) is 0 Å². The summed E-state index contributed by atoms with van der Waals surface area (Å²) in [6.07, 6.45) is -2.43. The Balaban J connectivity index is 1.26. The van der Waals surface area contributed by atoms with Gasteiger partial charge in [-0.2, -0.15) is 0 Å². The zero-order valence-corrected chi connectivity index (χ0v) is 16.3. The topological polar surface area (TPSA) is 91.2 Å². The Morgan fingerprint density at radius 2 is 1.57 bits per heavy atom. The Morgan fingerprint density at radius 3 is 2.33 bits per heavy atom. The number of rotatable bonds is 6. The number of aliphatic hydroxyl groups excluding tert-OH is 3. The highest BCUT2D eigenvalue weighted by Crippen LogP contribution is 2.36. The summed E-state index contributed by atoms with van der Waals surface area (Å²) in [5.41, 5.74) is 1.16. The molecule has 162 valence electrons. The molecular weight excluding hydrogens is 396 g/mol. The Morgan fingerprint density at radius 1 is 0.933 bits per heavy atom. The number of halogens is 2. The molecule has 0 fully saturated rings. The first-order chi connectivity index (χ1) is 14.4. The molecule has 2 aromatic rings. The average molecular weight is 421 g/mol. The first kappa shape index (κ1) is 21.0. The van der Waals surface area contributed by atoms with Crippen LogP contribution in [0.1, 0.15) is 30.1 Å². The molecule has 0 spiro atoms. The summed E-state index contributed by atoms with van der Waals surface area (Å²) in [6.45, 7) is 0.328. The molecule has 30 heavy (non-hydrogen) atoms. The van der Waals surface area contributed by atoms with Crippen LogP contribution in [0.3, 0.4) is 0 Å². The minimum Gasteiger partial charge on any atom is -0.487 e. The monoisotopic (exact) mass is 421 g/mol. The second kappa shape index (κ2) is 8.85. The van der Waals surface area contributed by atoms with Crippen molar-refractivity contribution in [3.05, 3.63) is 59.2 Å². The van der Waals surface area contributed by atoms with E-state index < -0.39 is 36.3 Å². The first-order valence-corrected chi connectivity index (χ1v) is 10.1. The van der Waals surface area contributed by atoms with E-state index in [1.165, 1.54) is 30.3 Å². The van der Waals surface area contributed by atoms with Crippen LogP contribution in [0.5, 0.6) is 11.5 Å². The van der Waals surface area contributed by atoms with Gasteiger partial charge in [-0.15, -0.1) is 0 Å². The highest BCUT2D eigenvalue weighted by Gasteiger charge is 2.32. The predicted molar refractivity (Wildman–Crippen MR) is 104 cm³/mol. The van der Waals surface area contributed by atoms with Gasteiger partial charge < -0.3 is 30.1 Å². The van der Waals surface area contributed by atoms with Gasteiger partial charge in [0.1, 0.15) is 47.5 Å². The summed E-state index contributed by atoms with van der Waals surface area (Å²) >= 11 is 0. The van der Waals surface area contributed by atoms with Crippen molar-refractivity contribution < 1.29 is 33.6 Å². The molecule has 2 aliphatic heterocycles. The molecule has 8 heteroatoms. The van der Waals surface area contributed by atoms with Crippen LogP contribution in [0.15, 0.2) is 36.4 Å². The van der Waals surface area contributed by atoms with Crippen LogP contribution in [0, 0.1) is 11.6 Å². The van der Waals surface area contributed by atoms with Crippen LogP contribution in [0.2, 0.25) is 0 Å². The number of fused-ring (bicyclic) bond motifs is 2. The highest BCUT2D eigenvalue weighted by atomic mass is 19.1. The van der Waals surface area contributed by atoms with Crippen molar-refractivity contribution in [2.75, 3.05) is 13.1 Å². The minimum atomic E-state index is -0.930. The van der Waals surface area contributed by atoms with Crippen LogP contribution in [-0.4, -0.2) is 52.8 Å². The highest BCUT2D eigenvalue weighted by molar-refractivity contribution is 5.38. The van der Waals surface area contributed by atoms with Gasteiger partial charge in [0.2, 0.25) is 0 Å². The van der Waals surface area contributed by atoms with Crippen LogP contribution in [-0.2, 0) is 6.42 Å². The average Bonchev–Trinajstić information content (AvgIpc) is 2.73. The van der Waals surface area contributed by atoms with Gasteiger partial charge in [-0.3, -0.25) is 0 Å². The molecule has 4 rings (SSSR count). The van der Waals surface area contributed by atoms with Gasteiger partial charge >= 0.3 is 0 Å². The summed E-state index contributed by atoms with van der Waals surface area (Å²) in [5.74, 6) is 0.162. The van der Waals surface area contributed by atoms with E-state index in [1.807, 2.05) is 0 Å². The maximum absolute atomic E-state index is 13.3. The molecule has 2 aliphatic rings. The van der Waals surface area contributed by atoms with Gasteiger partial charge in [0, 0.05) is 25.1 Å².